The Bertz CT molecular complexity index is 402. The molecule has 3 heteroatoms. The van der Waals surface area contributed by atoms with Gasteiger partial charge in [-0.1, -0.05) is 30.3 Å². The largest absolute Gasteiger partial charge is 0.329 e. The number of nitrogens with zero attached hydrogens (tertiary/aromatic N) is 2. The number of hydrogen-bond acceptors (Lipinski definition) is 3. The molecule has 2 N–H and O–H groups in total. The Kier molecular flexibility index (Phi) is 4.71. The Hall–Kier alpha value is -0.900. The molecular formula is C17H27N3. The van der Waals surface area contributed by atoms with E-state index >= 15 is 0 Å². The van der Waals surface area contributed by atoms with Gasteiger partial charge in [0.1, 0.15) is 0 Å². The monoisotopic (exact) mass is 273 g/mol. The predicted molar refractivity (Wildman–Crippen MR) is 83.5 cm³/mol. The fourth-order valence-electron chi connectivity index (χ4n) is 3.38. The first kappa shape index (κ1) is 14.1. The molecule has 1 aromatic carbocycles. The Morgan fingerprint density at radius 3 is 2.65 bits per heavy atom. The SMILES string of the molecule is NCCN1CC[C@H](CN(Cc2ccccc2)C2CC2)C1. The maximum absolute atomic E-state index is 5.66. The van der Waals surface area contributed by atoms with Crippen LogP contribution in [0.5, 0.6) is 0 Å². The summed E-state index contributed by atoms with van der Waals surface area (Å²) in [7, 11) is 0. The van der Waals surface area contributed by atoms with Crippen LogP contribution in [-0.2, 0) is 6.54 Å². The standard InChI is InChI=1S/C17H27N3/c18-9-11-19-10-8-16(12-19)14-20(17-6-7-17)13-15-4-2-1-3-5-15/h1-5,16-17H,6-14,18H2/t16-/m0/s1. The summed E-state index contributed by atoms with van der Waals surface area (Å²) in [6.07, 6.45) is 4.14. The molecule has 0 bridgehead atoms. The van der Waals surface area contributed by atoms with Gasteiger partial charge in [0, 0.05) is 38.8 Å². The van der Waals surface area contributed by atoms with E-state index in [-0.39, 0.29) is 0 Å². The normalized spacial score (nSPS) is 23.6. The summed E-state index contributed by atoms with van der Waals surface area (Å²) in [4.78, 5) is 5.24. The molecule has 110 valence electrons. The molecular weight excluding hydrogens is 246 g/mol. The van der Waals surface area contributed by atoms with Crippen LogP contribution in [-0.4, -0.2) is 48.6 Å². The maximum Gasteiger partial charge on any atom is 0.0236 e. The molecule has 0 aromatic heterocycles. The molecule has 0 amide bonds. The Balaban J connectivity index is 1.53. The Labute approximate surface area is 122 Å². The summed E-state index contributed by atoms with van der Waals surface area (Å²) < 4.78 is 0. The number of hydrogen-bond donors (Lipinski definition) is 1. The van der Waals surface area contributed by atoms with Gasteiger partial charge in [-0.05, 0) is 37.3 Å². The third-order valence-electron chi connectivity index (χ3n) is 4.60. The van der Waals surface area contributed by atoms with E-state index in [9.17, 15) is 0 Å². The zero-order valence-corrected chi connectivity index (χ0v) is 12.4. The van der Waals surface area contributed by atoms with Gasteiger partial charge in [0.25, 0.3) is 0 Å². The molecule has 1 aliphatic carbocycles. The fraction of sp³-hybridized carbons (Fsp3) is 0.647. The molecule has 1 aromatic rings. The van der Waals surface area contributed by atoms with Crippen LogP contribution in [0.25, 0.3) is 0 Å². The van der Waals surface area contributed by atoms with E-state index in [4.69, 9.17) is 5.73 Å². The minimum atomic E-state index is 0.795. The number of rotatable bonds is 7. The van der Waals surface area contributed by atoms with Crippen molar-refractivity contribution >= 4 is 0 Å². The molecule has 2 aliphatic rings. The molecule has 1 heterocycles. The number of benzene rings is 1. The molecule has 0 radical (unpaired) electrons. The van der Waals surface area contributed by atoms with Gasteiger partial charge in [-0.25, -0.2) is 0 Å². The van der Waals surface area contributed by atoms with Crippen molar-refractivity contribution in [3.8, 4) is 0 Å². The van der Waals surface area contributed by atoms with Crippen LogP contribution in [0.4, 0.5) is 0 Å². The number of likely N-dealkylation sites (tertiary alicyclic amines) is 1. The van der Waals surface area contributed by atoms with E-state index in [2.05, 4.69) is 40.1 Å². The average Bonchev–Trinajstić information content (AvgIpc) is 3.22. The number of nitrogens with two attached hydrogens (primary N) is 1. The lowest BCUT2D eigenvalue weighted by molar-refractivity contribution is 0.210. The smallest absolute Gasteiger partial charge is 0.0236 e. The lowest BCUT2D eigenvalue weighted by Crippen LogP contribution is -2.33. The molecule has 20 heavy (non-hydrogen) atoms. The summed E-state index contributed by atoms with van der Waals surface area (Å²) in [5, 5.41) is 0. The van der Waals surface area contributed by atoms with Crippen LogP contribution in [0.2, 0.25) is 0 Å². The van der Waals surface area contributed by atoms with Crippen molar-refractivity contribution in [3.05, 3.63) is 35.9 Å². The highest BCUT2D eigenvalue weighted by molar-refractivity contribution is 5.15. The van der Waals surface area contributed by atoms with Gasteiger partial charge in [-0.3, -0.25) is 4.90 Å². The highest BCUT2D eigenvalue weighted by atomic mass is 15.2. The van der Waals surface area contributed by atoms with Crippen molar-refractivity contribution in [2.24, 2.45) is 11.7 Å². The molecule has 3 rings (SSSR count). The van der Waals surface area contributed by atoms with E-state index in [1.807, 2.05) is 0 Å². The summed E-state index contributed by atoms with van der Waals surface area (Å²) in [6, 6.07) is 11.8. The van der Waals surface area contributed by atoms with Crippen LogP contribution in [0.15, 0.2) is 30.3 Å². The summed E-state index contributed by atoms with van der Waals surface area (Å²) >= 11 is 0. The minimum Gasteiger partial charge on any atom is -0.329 e. The Morgan fingerprint density at radius 1 is 1.15 bits per heavy atom. The van der Waals surface area contributed by atoms with Crippen molar-refractivity contribution < 1.29 is 0 Å². The fourth-order valence-corrected chi connectivity index (χ4v) is 3.38. The molecule has 1 atom stereocenters. The van der Waals surface area contributed by atoms with E-state index in [0.29, 0.717) is 0 Å². The van der Waals surface area contributed by atoms with Gasteiger partial charge >= 0.3 is 0 Å². The highest BCUT2D eigenvalue weighted by Crippen LogP contribution is 2.30. The predicted octanol–water partition coefficient (Wildman–Crippen LogP) is 1.93. The molecule has 3 nitrogen and oxygen atoms in total. The van der Waals surface area contributed by atoms with Gasteiger partial charge in [-0.2, -0.15) is 0 Å². The summed E-state index contributed by atoms with van der Waals surface area (Å²) in [5.41, 5.74) is 7.12. The van der Waals surface area contributed by atoms with Gasteiger partial charge in [-0.15, -0.1) is 0 Å². The zero-order chi connectivity index (χ0) is 13.8. The second-order valence-electron chi connectivity index (χ2n) is 6.39. The highest BCUT2D eigenvalue weighted by Gasteiger charge is 2.32. The first-order valence-electron chi connectivity index (χ1n) is 8.05. The zero-order valence-electron chi connectivity index (χ0n) is 12.4. The van der Waals surface area contributed by atoms with Crippen molar-refractivity contribution in [1.82, 2.24) is 9.80 Å². The third kappa shape index (κ3) is 3.81. The van der Waals surface area contributed by atoms with E-state index in [1.165, 1.54) is 44.5 Å². The quantitative estimate of drug-likeness (QED) is 0.824. The van der Waals surface area contributed by atoms with Crippen LogP contribution >= 0.6 is 0 Å². The first-order chi connectivity index (χ1) is 9.85. The van der Waals surface area contributed by atoms with Crippen molar-refractivity contribution in [2.75, 3.05) is 32.7 Å². The van der Waals surface area contributed by atoms with E-state index < -0.39 is 0 Å². The molecule has 0 spiro atoms. The van der Waals surface area contributed by atoms with Crippen molar-refractivity contribution in [1.29, 1.82) is 0 Å². The summed E-state index contributed by atoms with van der Waals surface area (Å²) in [5.74, 6) is 0.839. The molecule has 1 saturated carbocycles. The van der Waals surface area contributed by atoms with Gasteiger partial charge < -0.3 is 10.6 Å². The van der Waals surface area contributed by atoms with E-state index in [0.717, 1.165) is 31.6 Å². The minimum absolute atomic E-state index is 0.795. The third-order valence-corrected chi connectivity index (χ3v) is 4.60. The van der Waals surface area contributed by atoms with Gasteiger partial charge in [0.2, 0.25) is 0 Å². The van der Waals surface area contributed by atoms with Crippen LogP contribution < -0.4 is 5.73 Å². The van der Waals surface area contributed by atoms with Crippen LogP contribution in [0.3, 0.4) is 0 Å². The first-order valence-corrected chi connectivity index (χ1v) is 8.05. The van der Waals surface area contributed by atoms with E-state index in [1.54, 1.807) is 0 Å². The maximum atomic E-state index is 5.66. The lowest BCUT2D eigenvalue weighted by atomic mass is 10.1. The lowest BCUT2D eigenvalue weighted by Gasteiger charge is -2.25. The topological polar surface area (TPSA) is 32.5 Å². The van der Waals surface area contributed by atoms with Crippen LogP contribution in [0.1, 0.15) is 24.8 Å². The Morgan fingerprint density at radius 2 is 1.95 bits per heavy atom. The molecule has 0 unspecified atom stereocenters. The van der Waals surface area contributed by atoms with Crippen molar-refractivity contribution in [3.63, 3.8) is 0 Å². The second-order valence-corrected chi connectivity index (χ2v) is 6.39. The van der Waals surface area contributed by atoms with Gasteiger partial charge in [0.15, 0.2) is 0 Å². The van der Waals surface area contributed by atoms with Gasteiger partial charge in [0.05, 0.1) is 0 Å². The molecule has 1 saturated heterocycles. The van der Waals surface area contributed by atoms with Crippen molar-refractivity contribution in [2.45, 2.75) is 31.8 Å². The molecule has 2 fully saturated rings. The molecule has 1 aliphatic heterocycles. The van der Waals surface area contributed by atoms with Crippen LogP contribution in [0, 0.1) is 5.92 Å². The second kappa shape index (κ2) is 6.70. The average molecular weight is 273 g/mol. The summed E-state index contributed by atoms with van der Waals surface area (Å²) in [6.45, 7) is 6.74.